The van der Waals surface area contributed by atoms with Gasteiger partial charge in [0.1, 0.15) is 11.8 Å². The number of carbonyl (C=O) groups excluding carboxylic acids is 2. The summed E-state index contributed by atoms with van der Waals surface area (Å²) in [5.74, 6) is 0.751. The van der Waals surface area contributed by atoms with Crippen molar-refractivity contribution < 1.29 is 18.7 Å². The lowest BCUT2D eigenvalue weighted by molar-refractivity contribution is -0.139. The minimum Gasteiger partial charge on any atom is -0.467 e. The maximum atomic E-state index is 12.7. The molecule has 7 heteroatoms. The largest absolute Gasteiger partial charge is 0.467 e. The third-order valence-corrected chi connectivity index (χ3v) is 5.20. The molecule has 1 aromatic rings. The quantitative estimate of drug-likeness (QED) is 0.716. The van der Waals surface area contributed by atoms with Crippen molar-refractivity contribution in [1.82, 2.24) is 15.5 Å². The number of nitrogens with zero attached hydrogens (tertiary/aromatic N) is 1. The van der Waals surface area contributed by atoms with Gasteiger partial charge in [0.2, 0.25) is 0 Å². The van der Waals surface area contributed by atoms with Gasteiger partial charge in [-0.2, -0.15) is 0 Å². The number of rotatable bonds is 7. The molecule has 1 unspecified atom stereocenters. The van der Waals surface area contributed by atoms with Crippen LogP contribution in [0, 0.1) is 5.92 Å². The maximum absolute atomic E-state index is 12.7. The van der Waals surface area contributed by atoms with Crippen molar-refractivity contribution in [2.24, 2.45) is 5.92 Å². The molecule has 1 fully saturated rings. The molecule has 1 aromatic heterocycles. The van der Waals surface area contributed by atoms with Crippen LogP contribution in [0.3, 0.4) is 0 Å². The molecule has 2 N–H and O–H groups in total. The highest BCUT2D eigenvalue weighted by atomic mass is 16.5. The van der Waals surface area contributed by atoms with Crippen molar-refractivity contribution in [3.05, 3.63) is 35.4 Å². The summed E-state index contributed by atoms with van der Waals surface area (Å²) in [6, 6.07) is 2.50. The monoisotopic (exact) mass is 375 g/mol. The Morgan fingerprint density at radius 1 is 1.33 bits per heavy atom. The van der Waals surface area contributed by atoms with Crippen LogP contribution in [-0.4, -0.2) is 43.6 Å². The predicted octanol–water partition coefficient (Wildman–Crippen LogP) is 2.96. The second-order valence-electron chi connectivity index (χ2n) is 7.36. The SMILES string of the molecule is CCOC(=O)C1=C(CN(C)CC2CCCCC2)NC(=O)NC1c1ccco1. The van der Waals surface area contributed by atoms with Crippen molar-refractivity contribution in [2.45, 2.75) is 45.1 Å². The van der Waals surface area contributed by atoms with Crippen LogP contribution < -0.4 is 10.6 Å². The molecule has 0 radical (unpaired) electrons. The first kappa shape index (κ1) is 19.5. The minimum atomic E-state index is -0.647. The summed E-state index contributed by atoms with van der Waals surface area (Å²) in [6.07, 6.45) is 7.92. The van der Waals surface area contributed by atoms with Crippen LogP contribution >= 0.6 is 0 Å². The van der Waals surface area contributed by atoms with Gasteiger partial charge in [-0.25, -0.2) is 9.59 Å². The topological polar surface area (TPSA) is 83.8 Å². The smallest absolute Gasteiger partial charge is 0.338 e. The first-order chi connectivity index (χ1) is 13.1. The lowest BCUT2D eigenvalue weighted by atomic mass is 9.89. The van der Waals surface area contributed by atoms with E-state index in [0.29, 0.717) is 29.5 Å². The third-order valence-electron chi connectivity index (χ3n) is 5.20. The average molecular weight is 375 g/mol. The molecule has 2 heterocycles. The molecule has 0 bridgehead atoms. The first-order valence-electron chi connectivity index (χ1n) is 9.78. The molecule has 1 atom stereocenters. The summed E-state index contributed by atoms with van der Waals surface area (Å²) in [5, 5.41) is 5.58. The molecular weight excluding hydrogens is 346 g/mol. The Bertz CT molecular complexity index is 677. The number of hydrogen-bond acceptors (Lipinski definition) is 5. The summed E-state index contributed by atoms with van der Waals surface area (Å²) < 4.78 is 10.7. The average Bonchev–Trinajstić information content (AvgIpc) is 3.16. The zero-order valence-electron chi connectivity index (χ0n) is 16.1. The van der Waals surface area contributed by atoms with Gasteiger partial charge in [-0.15, -0.1) is 0 Å². The van der Waals surface area contributed by atoms with Gasteiger partial charge in [0.05, 0.1) is 18.4 Å². The zero-order valence-corrected chi connectivity index (χ0v) is 16.1. The summed E-state index contributed by atoms with van der Waals surface area (Å²) in [7, 11) is 2.03. The maximum Gasteiger partial charge on any atom is 0.338 e. The van der Waals surface area contributed by atoms with Crippen LogP contribution in [0.15, 0.2) is 34.1 Å². The van der Waals surface area contributed by atoms with Gasteiger partial charge in [0, 0.05) is 18.8 Å². The Labute approximate surface area is 160 Å². The number of hydrogen-bond donors (Lipinski definition) is 2. The van der Waals surface area contributed by atoms with Crippen LogP contribution in [0.2, 0.25) is 0 Å². The number of furan rings is 1. The lowest BCUT2D eigenvalue weighted by Gasteiger charge is -2.31. The molecule has 148 valence electrons. The van der Waals surface area contributed by atoms with Crippen molar-refractivity contribution in [3.63, 3.8) is 0 Å². The van der Waals surface area contributed by atoms with Gasteiger partial charge < -0.3 is 24.7 Å². The van der Waals surface area contributed by atoms with Crippen molar-refractivity contribution in [3.8, 4) is 0 Å². The van der Waals surface area contributed by atoms with Crippen molar-refractivity contribution in [2.75, 3.05) is 26.7 Å². The Balaban J connectivity index is 1.82. The van der Waals surface area contributed by atoms with E-state index >= 15 is 0 Å². The van der Waals surface area contributed by atoms with Gasteiger partial charge in [-0.1, -0.05) is 19.3 Å². The van der Waals surface area contributed by atoms with E-state index in [0.717, 1.165) is 6.54 Å². The van der Waals surface area contributed by atoms with E-state index in [4.69, 9.17) is 9.15 Å². The van der Waals surface area contributed by atoms with Crippen LogP contribution in [0.4, 0.5) is 4.79 Å². The molecule has 3 rings (SSSR count). The second-order valence-corrected chi connectivity index (χ2v) is 7.36. The fourth-order valence-electron chi connectivity index (χ4n) is 4.01. The number of nitrogens with one attached hydrogen (secondary N) is 2. The van der Waals surface area contributed by atoms with Gasteiger partial charge in [-0.05, 0) is 44.9 Å². The van der Waals surface area contributed by atoms with E-state index in [1.54, 1.807) is 19.1 Å². The third kappa shape index (κ3) is 4.91. The Kier molecular flexibility index (Phi) is 6.55. The first-order valence-corrected chi connectivity index (χ1v) is 9.78. The Morgan fingerprint density at radius 2 is 2.11 bits per heavy atom. The molecule has 7 nitrogen and oxygen atoms in total. The molecule has 0 saturated heterocycles. The summed E-state index contributed by atoms with van der Waals surface area (Å²) >= 11 is 0. The number of esters is 1. The Hall–Kier alpha value is -2.28. The number of urea groups is 1. The molecule has 2 aliphatic rings. The number of likely N-dealkylation sites (N-methyl/N-ethyl adjacent to an activating group) is 1. The summed E-state index contributed by atoms with van der Waals surface area (Å²) in [5.41, 5.74) is 0.985. The van der Waals surface area contributed by atoms with E-state index < -0.39 is 12.0 Å². The van der Waals surface area contributed by atoms with E-state index in [1.807, 2.05) is 7.05 Å². The number of ether oxygens (including phenoxy) is 1. The zero-order chi connectivity index (χ0) is 19.2. The molecule has 0 spiro atoms. The molecule has 1 aliphatic carbocycles. The van der Waals surface area contributed by atoms with E-state index in [9.17, 15) is 9.59 Å². The van der Waals surface area contributed by atoms with Gasteiger partial charge in [0.25, 0.3) is 0 Å². The van der Waals surface area contributed by atoms with Crippen LogP contribution in [-0.2, 0) is 9.53 Å². The standard InChI is InChI=1S/C20H29N3O4/c1-3-26-19(24)17-15(13-23(2)12-14-8-5-4-6-9-14)21-20(25)22-18(17)16-10-7-11-27-16/h7,10-11,14,18H,3-6,8-9,12-13H2,1-2H3,(H2,21,22,25). The van der Waals surface area contributed by atoms with Crippen LogP contribution in [0.25, 0.3) is 0 Å². The predicted molar refractivity (Wildman–Crippen MR) is 101 cm³/mol. The van der Waals surface area contributed by atoms with Gasteiger partial charge >= 0.3 is 12.0 Å². The van der Waals surface area contributed by atoms with Crippen molar-refractivity contribution >= 4 is 12.0 Å². The van der Waals surface area contributed by atoms with Gasteiger partial charge in [0.15, 0.2) is 0 Å². The molecule has 2 amide bonds. The summed E-state index contributed by atoms with van der Waals surface area (Å²) in [4.78, 5) is 27.0. The van der Waals surface area contributed by atoms with E-state index in [2.05, 4.69) is 15.5 Å². The highest BCUT2D eigenvalue weighted by Gasteiger charge is 2.35. The molecule has 27 heavy (non-hydrogen) atoms. The van der Waals surface area contributed by atoms with E-state index in [-0.39, 0.29) is 12.6 Å². The summed E-state index contributed by atoms with van der Waals surface area (Å²) in [6.45, 7) is 3.47. The fourth-order valence-corrected chi connectivity index (χ4v) is 4.01. The molecular formula is C20H29N3O4. The second kappa shape index (κ2) is 9.08. The minimum absolute atomic E-state index is 0.270. The molecule has 0 aromatic carbocycles. The molecule has 1 saturated carbocycles. The van der Waals surface area contributed by atoms with Crippen LogP contribution in [0.1, 0.15) is 50.8 Å². The van der Waals surface area contributed by atoms with Gasteiger partial charge in [-0.3, -0.25) is 0 Å². The highest BCUT2D eigenvalue weighted by Crippen LogP contribution is 2.29. The lowest BCUT2D eigenvalue weighted by Crippen LogP contribution is -2.48. The van der Waals surface area contributed by atoms with E-state index in [1.165, 1.54) is 38.4 Å². The van der Waals surface area contributed by atoms with Crippen LogP contribution in [0.5, 0.6) is 0 Å². The van der Waals surface area contributed by atoms with Crippen molar-refractivity contribution in [1.29, 1.82) is 0 Å². The normalized spacial score (nSPS) is 21.1. The molecule has 1 aliphatic heterocycles. The number of carbonyl (C=O) groups is 2. The Morgan fingerprint density at radius 3 is 2.78 bits per heavy atom. The fraction of sp³-hybridized carbons (Fsp3) is 0.600. The highest BCUT2D eigenvalue weighted by molar-refractivity contribution is 5.95. The number of amides is 2.